The molecule has 1 fully saturated rings. The monoisotopic (exact) mass is 351 g/mol. The van der Waals surface area contributed by atoms with Crippen molar-refractivity contribution in [1.82, 2.24) is 15.2 Å². The van der Waals surface area contributed by atoms with Crippen molar-refractivity contribution in [3.63, 3.8) is 0 Å². The first kappa shape index (κ1) is 19.4. The first-order chi connectivity index (χ1) is 11.8. The number of rotatable bonds is 6. The molecule has 25 heavy (non-hydrogen) atoms. The van der Waals surface area contributed by atoms with Gasteiger partial charge in [0.25, 0.3) is 0 Å². The fourth-order valence-electron chi connectivity index (χ4n) is 3.70. The van der Waals surface area contributed by atoms with Crippen LogP contribution in [0.2, 0.25) is 0 Å². The van der Waals surface area contributed by atoms with Crippen molar-refractivity contribution >= 4 is 11.9 Å². The first-order valence-electron chi connectivity index (χ1n) is 9.09. The number of hydrogen-bond donors (Lipinski definition) is 1. The van der Waals surface area contributed by atoms with E-state index in [9.17, 15) is 9.59 Å². The maximum atomic E-state index is 12.5. The molecule has 0 saturated heterocycles. The summed E-state index contributed by atoms with van der Waals surface area (Å²) in [6.07, 6.45) is 2.09. The number of nitrogens with zero attached hydrogens (tertiary/aromatic N) is 2. The van der Waals surface area contributed by atoms with Crippen LogP contribution in [0.4, 0.5) is 0 Å². The molecule has 140 valence electrons. The molecule has 1 saturated carbocycles. The average Bonchev–Trinajstić information content (AvgIpc) is 2.98. The van der Waals surface area contributed by atoms with Crippen molar-refractivity contribution in [3.05, 3.63) is 11.6 Å². The van der Waals surface area contributed by atoms with Crippen LogP contribution in [-0.4, -0.2) is 39.8 Å². The molecule has 0 spiro atoms. The van der Waals surface area contributed by atoms with E-state index in [2.05, 4.69) is 36.0 Å². The van der Waals surface area contributed by atoms with Gasteiger partial charge in [-0.2, -0.15) is 5.10 Å². The minimum atomic E-state index is -0.578. The normalized spacial score (nSPS) is 27.6. The molecule has 1 aromatic rings. The van der Waals surface area contributed by atoms with Gasteiger partial charge in [0.1, 0.15) is 24.3 Å². The van der Waals surface area contributed by atoms with Gasteiger partial charge in [-0.15, -0.1) is 0 Å². The number of nitrogens with one attached hydrogen (secondary N) is 1. The summed E-state index contributed by atoms with van der Waals surface area (Å²) < 4.78 is 10.7. The Kier molecular flexibility index (Phi) is 6.56. The topological polar surface area (TPSA) is 94.2 Å². The lowest BCUT2D eigenvalue weighted by atomic mass is 9.75. The van der Waals surface area contributed by atoms with Gasteiger partial charge in [-0.3, -0.25) is 14.7 Å². The Morgan fingerprint density at radius 2 is 1.88 bits per heavy atom. The molecule has 1 aliphatic rings. The van der Waals surface area contributed by atoms with Crippen molar-refractivity contribution in [2.75, 3.05) is 6.61 Å². The Bertz CT molecular complexity index is 589. The van der Waals surface area contributed by atoms with Crippen molar-refractivity contribution in [2.24, 2.45) is 17.8 Å². The first-order valence-corrected chi connectivity index (χ1v) is 9.09. The predicted molar refractivity (Wildman–Crippen MR) is 91.7 cm³/mol. The van der Waals surface area contributed by atoms with Crippen molar-refractivity contribution < 1.29 is 19.1 Å². The van der Waals surface area contributed by atoms with Crippen LogP contribution in [0.5, 0.6) is 0 Å². The highest BCUT2D eigenvalue weighted by Crippen LogP contribution is 2.35. The summed E-state index contributed by atoms with van der Waals surface area (Å²) in [5.74, 6) is 0.819. The molecule has 0 amide bonds. The molecule has 0 aromatic carbocycles. The van der Waals surface area contributed by atoms with E-state index < -0.39 is 5.92 Å². The van der Waals surface area contributed by atoms with E-state index >= 15 is 0 Å². The number of ether oxygens (including phenoxy) is 2. The molecule has 2 rings (SSSR count). The van der Waals surface area contributed by atoms with Gasteiger partial charge in [0.05, 0.1) is 6.61 Å². The van der Waals surface area contributed by atoms with Crippen LogP contribution in [0.3, 0.4) is 0 Å². The molecule has 7 nitrogen and oxygen atoms in total. The second kappa shape index (κ2) is 8.45. The summed E-state index contributed by atoms with van der Waals surface area (Å²) >= 11 is 0. The minimum absolute atomic E-state index is 0.0111. The maximum Gasteiger partial charge on any atom is 0.316 e. The second-order valence-electron chi connectivity index (χ2n) is 7.28. The van der Waals surface area contributed by atoms with Crippen molar-refractivity contribution in [3.8, 4) is 0 Å². The summed E-state index contributed by atoms with van der Waals surface area (Å²) in [6.45, 7) is 10.3. The third-order valence-corrected chi connectivity index (χ3v) is 4.83. The highest BCUT2D eigenvalue weighted by Gasteiger charge is 2.35. The zero-order valence-electron chi connectivity index (χ0n) is 15.7. The summed E-state index contributed by atoms with van der Waals surface area (Å²) in [5, 5.41) is 6.74. The molecule has 1 N–H and O–H groups in total. The number of aromatic amines is 1. The quantitative estimate of drug-likeness (QED) is 0.792. The highest BCUT2D eigenvalue weighted by molar-refractivity contribution is 5.77. The van der Waals surface area contributed by atoms with Crippen molar-refractivity contribution in [2.45, 2.75) is 65.9 Å². The fourth-order valence-corrected chi connectivity index (χ4v) is 3.70. The van der Waals surface area contributed by atoms with Crippen LogP contribution in [-0.2, 0) is 25.5 Å². The third-order valence-electron chi connectivity index (χ3n) is 4.83. The number of carbonyl (C=O) groups is 2. The van der Waals surface area contributed by atoms with Crippen molar-refractivity contribution in [1.29, 1.82) is 0 Å². The van der Waals surface area contributed by atoms with Crippen LogP contribution in [0.1, 0.15) is 65.0 Å². The van der Waals surface area contributed by atoms with E-state index in [1.54, 1.807) is 13.8 Å². The predicted octanol–water partition coefficient (Wildman–Crippen LogP) is 2.63. The molecule has 1 heterocycles. The van der Waals surface area contributed by atoms with Gasteiger partial charge >= 0.3 is 11.9 Å². The molecule has 1 aliphatic carbocycles. The average molecular weight is 351 g/mol. The summed E-state index contributed by atoms with van der Waals surface area (Å²) in [5.41, 5.74) is 0. The van der Waals surface area contributed by atoms with Crippen LogP contribution in [0, 0.1) is 17.8 Å². The molecular formula is C18H29N3O4. The second-order valence-corrected chi connectivity index (χ2v) is 7.28. The molecule has 0 aliphatic heterocycles. The molecule has 0 bridgehead atoms. The lowest BCUT2D eigenvalue weighted by molar-refractivity contribution is -0.159. The summed E-state index contributed by atoms with van der Waals surface area (Å²) in [6, 6.07) is 0. The molecule has 3 unspecified atom stereocenters. The third kappa shape index (κ3) is 5.03. The largest absolute Gasteiger partial charge is 0.466 e. The lowest BCUT2D eigenvalue weighted by Crippen LogP contribution is -2.38. The minimum Gasteiger partial charge on any atom is -0.466 e. The van der Waals surface area contributed by atoms with Crippen LogP contribution in [0.15, 0.2) is 0 Å². The summed E-state index contributed by atoms with van der Waals surface area (Å²) in [7, 11) is 0. The van der Waals surface area contributed by atoms with Gasteiger partial charge in [-0.1, -0.05) is 20.8 Å². The maximum absolute atomic E-state index is 12.5. The number of aromatic nitrogens is 3. The Morgan fingerprint density at radius 3 is 2.48 bits per heavy atom. The van der Waals surface area contributed by atoms with Gasteiger partial charge in [0.15, 0.2) is 5.82 Å². The standard InChI is InChI=1S/C18H29N3O4/c1-6-24-15(22)9-14-19-17(21-20-14)13(5)18(23)25-16-11(3)7-10(2)8-12(16)4/h10-13,16H,6-9H2,1-5H3,(H,19,20,21). The SMILES string of the molecule is CCOC(=O)Cc1nc(C(C)C(=O)OC2C(C)CC(C)CC2C)n[nH]1. The molecular weight excluding hydrogens is 322 g/mol. The molecule has 7 heteroatoms. The van der Waals surface area contributed by atoms with E-state index in [0.29, 0.717) is 36.0 Å². The lowest BCUT2D eigenvalue weighted by Gasteiger charge is -2.37. The van der Waals surface area contributed by atoms with Gasteiger partial charge in [-0.25, -0.2) is 4.98 Å². The number of H-pyrrole nitrogens is 1. The highest BCUT2D eigenvalue weighted by atomic mass is 16.5. The van der Waals surface area contributed by atoms with Gasteiger partial charge in [-0.05, 0) is 44.4 Å². The van der Waals surface area contributed by atoms with Crippen LogP contribution < -0.4 is 0 Å². The Balaban J connectivity index is 1.96. The smallest absolute Gasteiger partial charge is 0.316 e. The van der Waals surface area contributed by atoms with E-state index in [-0.39, 0.29) is 24.5 Å². The Labute approximate surface area is 148 Å². The van der Waals surface area contributed by atoms with Gasteiger partial charge in [0.2, 0.25) is 0 Å². The molecule has 0 radical (unpaired) electrons. The Hall–Kier alpha value is -1.92. The molecule has 1 aromatic heterocycles. The van der Waals surface area contributed by atoms with Crippen LogP contribution in [0.25, 0.3) is 0 Å². The number of hydrogen-bond acceptors (Lipinski definition) is 6. The zero-order valence-corrected chi connectivity index (χ0v) is 15.7. The van der Waals surface area contributed by atoms with Gasteiger partial charge in [0, 0.05) is 0 Å². The number of carbonyl (C=O) groups excluding carboxylic acids is 2. The van der Waals surface area contributed by atoms with Gasteiger partial charge < -0.3 is 9.47 Å². The Morgan fingerprint density at radius 1 is 1.24 bits per heavy atom. The fraction of sp³-hybridized carbons (Fsp3) is 0.778. The summed E-state index contributed by atoms with van der Waals surface area (Å²) in [4.78, 5) is 28.2. The van der Waals surface area contributed by atoms with Crippen LogP contribution >= 0.6 is 0 Å². The number of esters is 2. The zero-order chi connectivity index (χ0) is 18.6. The van der Waals surface area contributed by atoms with E-state index in [4.69, 9.17) is 9.47 Å². The van der Waals surface area contributed by atoms with E-state index in [1.165, 1.54) is 0 Å². The van der Waals surface area contributed by atoms with E-state index in [0.717, 1.165) is 12.8 Å². The molecule has 3 atom stereocenters. The van der Waals surface area contributed by atoms with E-state index in [1.807, 2.05) is 0 Å².